The van der Waals surface area contributed by atoms with E-state index >= 15 is 0 Å². The Kier molecular flexibility index (Phi) is 3.83. The van der Waals surface area contributed by atoms with Crippen LogP contribution in [0.25, 0.3) is 21.5 Å². The molecule has 0 fully saturated rings. The molecule has 0 saturated carbocycles. The maximum atomic E-state index is 3.58. The second-order valence-corrected chi connectivity index (χ2v) is 7.64. The van der Waals surface area contributed by atoms with Crippen LogP contribution in [0.2, 0.25) is 0 Å². The molecule has 0 saturated heterocycles. The van der Waals surface area contributed by atoms with Gasteiger partial charge in [-0.05, 0) is 28.6 Å². The summed E-state index contributed by atoms with van der Waals surface area (Å²) in [6.07, 6.45) is 0. The van der Waals surface area contributed by atoms with Crippen LogP contribution in [0.5, 0.6) is 0 Å². The van der Waals surface area contributed by atoms with Gasteiger partial charge in [-0.15, -0.1) is 0 Å². The van der Waals surface area contributed by atoms with Crippen molar-refractivity contribution in [2.24, 2.45) is 0 Å². The Hall–Kier alpha value is -2.21. The molecule has 0 aliphatic heterocycles. The predicted octanol–water partition coefficient (Wildman–Crippen LogP) is 4.56. The lowest BCUT2D eigenvalue weighted by Gasteiger charge is -2.21. The Morgan fingerprint density at radius 2 is 1.00 bits per heavy atom. The third kappa shape index (κ3) is 2.53. The summed E-state index contributed by atoms with van der Waals surface area (Å²) in [5.41, 5.74) is 0. The Morgan fingerprint density at radius 3 is 1.48 bits per heavy atom. The first-order chi connectivity index (χ1) is 11.4. The minimum atomic E-state index is -0.598. The van der Waals surface area contributed by atoms with Gasteiger partial charge in [-0.1, -0.05) is 84.9 Å². The smallest absolute Gasteiger partial charge is 0.0263 e. The largest absolute Gasteiger partial charge is 0.292 e. The predicted molar refractivity (Wildman–Crippen MR) is 103 cm³/mol. The van der Waals surface area contributed by atoms with E-state index in [0.717, 1.165) is 0 Å². The van der Waals surface area contributed by atoms with Gasteiger partial charge in [0.1, 0.15) is 0 Å². The molecule has 4 rings (SSSR count). The molecule has 0 amide bonds. The number of hydrogen-bond donors (Lipinski definition) is 1. The molecule has 2 heteroatoms. The third-order valence-corrected chi connectivity index (χ3v) is 6.43. The zero-order chi connectivity index (χ0) is 15.6. The van der Waals surface area contributed by atoms with Crippen molar-refractivity contribution in [1.29, 1.82) is 0 Å². The highest BCUT2D eigenvalue weighted by atomic mass is 31.1. The van der Waals surface area contributed by atoms with Gasteiger partial charge >= 0.3 is 0 Å². The second kappa shape index (κ2) is 6.12. The van der Waals surface area contributed by atoms with Gasteiger partial charge in [-0.3, -0.25) is 5.09 Å². The van der Waals surface area contributed by atoms with Crippen molar-refractivity contribution in [2.75, 3.05) is 7.05 Å². The first kappa shape index (κ1) is 14.4. The normalized spacial score (nSPS) is 11.4. The molecule has 0 atom stereocenters. The summed E-state index contributed by atoms with van der Waals surface area (Å²) in [5, 5.41) is 11.6. The van der Waals surface area contributed by atoms with Gasteiger partial charge in [0.15, 0.2) is 0 Å². The first-order valence-corrected chi connectivity index (χ1v) is 9.16. The van der Waals surface area contributed by atoms with Crippen LogP contribution < -0.4 is 15.7 Å². The molecule has 0 radical (unpaired) electrons. The highest BCUT2D eigenvalue weighted by Crippen LogP contribution is 2.34. The highest BCUT2D eigenvalue weighted by Gasteiger charge is 2.16. The fourth-order valence-electron chi connectivity index (χ4n) is 3.18. The lowest BCUT2D eigenvalue weighted by molar-refractivity contribution is 1.28. The van der Waals surface area contributed by atoms with Gasteiger partial charge < -0.3 is 0 Å². The van der Waals surface area contributed by atoms with Gasteiger partial charge in [0.2, 0.25) is 0 Å². The number of hydrogen-bond acceptors (Lipinski definition) is 1. The third-order valence-electron chi connectivity index (χ3n) is 4.24. The second-order valence-electron chi connectivity index (χ2n) is 5.56. The summed E-state index contributed by atoms with van der Waals surface area (Å²) in [6.45, 7) is 0. The van der Waals surface area contributed by atoms with Crippen LogP contribution in [0.1, 0.15) is 0 Å². The van der Waals surface area contributed by atoms with E-state index in [4.69, 9.17) is 0 Å². The minimum absolute atomic E-state index is 0.598. The Labute approximate surface area is 137 Å². The van der Waals surface area contributed by atoms with Crippen LogP contribution in [0.3, 0.4) is 0 Å². The Balaban J connectivity index is 1.97. The summed E-state index contributed by atoms with van der Waals surface area (Å²) in [5.74, 6) is 0. The van der Waals surface area contributed by atoms with Crippen molar-refractivity contribution < 1.29 is 0 Å². The standard InChI is InChI=1S/C21H18NP/c1-22-23(20-14-6-10-16-8-2-4-12-18(16)20)21-15-7-11-17-9-3-5-13-19(17)21/h2-15,22H,1H3. The molecule has 4 aromatic carbocycles. The number of nitrogens with one attached hydrogen (secondary N) is 1. The molecule has 0 bridgehead atoms. The zero-order valence-electron chi connectivity index (χ0n) is 13.0. The molecule has 0 aromatic heterocycles. The van der Waals surface area contributed by atoms with Crippen LogP contribution in [0.4, 0.5) is 0 Å². The lowest BCUT2D eigenvalue weighted by atomic mass is 10.1. The number of rotatable bonds is 3. The molecule has 0 aliphatic rings. The molecule has 1 N–H and O–H groups in total. The van der Waals surface area contributed by atoms with Gasteiger partial charge in [-0.25, -0.2) is 0 Å². The van der Waals surface area contributed by atoms with Crippen LogP contribution in [0, 0.1) is 0 Å². The summed E-state index contributed by atoms with van der Waals surface area (Å²) >= 11 is 0. The number of fused-ring (bicyclic) bond motifs is 2. The van der Waals surface area contributed by atoms with Crippen LogP contribution >= 0.6 is 8.07 Å². The van der Waals surface area contributed by atoms with Crippen molar-refractivity contribution in [3.8, 4) is 0 Å². The van der Waals surface area contributed by atoms with E-state index in [1.165, 1.54) is 32.2 Å². The SMILES string of the molecule is CNP(c1cccc2ccccc12)c1cccc2ccccc12. The van der Waals surface area contributed by atoms with Crippen molar-refractivity contribution >= 4 is 40.2 Å². The Bertz CT molecular complexity index is 887. The molecule has 0 aliphatic carbocycles. The fourth-order valence-corrected chi connectivity index (χ4v) is 5.28. The maximum absolute atomic E-state index is 3.58. The van der Waals surface area contributed by atoms with Crippen molar-refractivity contribution in [3.05, 3.63) is 84.9 Å². The minimum Gasteiger partial charge on any atom is -0.292 e. The maximum Gasteiger partial charge on any atom is 0.0263 e. The highest BCUT2D eigenvalue weighted by molar-refractivity contribution is 7.72. The van der Waals surface area contributed by atoms with Crippen molar-refractivity contribution in [2.45, 2.75) is 0 Å². The average Bonchev–Trinajstić information content (AvgIpc) is 2.63. The topological polar surface area (TPSA) is 12.0 Å². The zero-order valence-corrected chi connectivity index (χ0v) is 13.9. The molecule has 1 nitrogen and oxygen atoms in total. The molecule has 0 spiro atoms. The van der Waals surface area contributed by atoms with E-state index in [2.05, 4.69) is 97.1 Å². The summed E-state index contributed by atoms with van der Waals surface area (Å²) < 4.78 is 0. The molecule has 112 valence electrons. The molecule has 4 aromatic rings. The molecular formula is C21H18NP. The van der Waals surface area contributed by atoms with Crippen LogP contribution in [-0.4, -0.2) is 7.05 Å². The summed E-state index contributed by atoms with van der Waals surface area (Å²) in [6, 6.07) is 30.5. The van der Waals surface area contributed by atoms with Gasteiger partial charge in [-0.2, -0.15) is 0 Å². The van der Waals surface area contributed by atoms with Crippen LogP contribution in [-0.2, 0) is 0 Å². The van der Waals surface area contributed by atoms with Crippen molar-refractivity contribution in [3.63, 3.8) is 0 Å². The fraction of sp³-hybridized carbons (Fsp3) is 0.0476. The van der Waals surface area contributed by atoms with Gasteiger partial charge in [0.25, 0.3) is 0 Å². The lowest BCUT2D eigenvalue weighted by Crippen LogP contribution is -2.21. The number of benzene rings is 4. The molecule has 0 unspecified atom stereocenters. The summed E-state index contributed by atoms with van der Waals surface area (Å²) in [7, 11) is 1.47. The molecule has 0 heterocycles. The summed E-state index contributed by atoms with van der Waals surface area (Å²) in [4.78, 5) is 0. The quantitative estimate of drug-likeness (QED) is 0.547. The van der Waals surface area contributed by atoms with Gasteiger partial charge in [0.05, 0.1) is 0 Å². The molecule has 23 heavy (non-hydrogen) atoms. The van der Waals surface area contributed by atoms with Crippen molar-refractivity contribution in [1.82, 2.24) is 5.09 Å². The van der Waals surface area contributed by atoms with E-state index in [1.807, 2.05) is 0 Å². The van der Waals surface area contributed by atoms with E-state index < -0.39 is 8.07 Å². The van der Waals surface area contributed by atoms with E-state index in [0.29, 0.717) is 0 Å². The monoisotopic (exact) mass is 315 g/mol. The molecular weight excluding hydrogens is 297 g/mol. The van der Waals surface area contributed by atoms with E-state index in [9.17, 15) is 0 Å². The van der Waals surface area contributed by atoms with Gasteiger partial charge in [0, 0.05) is 18.7 Å². The average molecular weight is 315 g/mol. The van der Waals surface area contributed by atoms with E-state index in [1.54, 1.807) is 0 Å². The first-order valence-electron chi connectivity index (χ1n) is 7.81. The van der Waals surface area contributed by atoms with E-state index in [-0.39, 0.29) is 0 Å². The van der Waals surface area contributed by atoms with Crippen LogP contribution in [0.15, 0.2) is 84.9 Å². The Morgan fingerprint density at radius 1 is 0.565 bits per heavy atom.